The van der Waals surface area contributed by atoms with Crippen LogP contribution in [-0.2, 0) is 51.3 Å². The fourth-order valence-corrected chi connectivity index (χ4v) is 7.25. The van der Waals surface area contributed by atoms with Crippen molar-refractivity contribution in [2.45, 2.75) is 51.6 Å². The Balaban J connectivity index is 0.943. The number of imide groups is 1. The Labute approximate surface area is 332 Å². The highest BCUT2D eigenvalue weighted by atomic mass is 16.6. The highest BCUT2D eigenvalue weighted by Gasteiger charge is 2.58. The number of hydrogen-bond acceptors (Lipinski definition) is 12. The Morgan fingerprint density at radius 1 is 0.807 bits per heavy atom. The van der Waals surface area contributed by atoms with Crippen molar-refractivity contribution in [2.24, 2.45) is 23.7 Å². The molecule has 1 saturated carbocycles. The van der Waals surface area contributed by atoms with Crippen LogP contribution < -0.4 is 10.1 Å². The van der Waals surface area contributed by atoms with E-state index in [1.807, 2.05) is 30.3 Å². The predicted octanol–water partition coefficient (Wildman–Crippen LogP) is 2.25. The standard InChI is InChI=1S/C41H54N6O10/c48-21-17-42-35(49)16-19-45(36(50)13-9-6-10-18-47-40(52)38-31-14-15-32(27-31)39(38)41(47)53)28-33-29-46(44-43-33)20-22-54-23-24-55-25-26-56-30-37(51)57-34-11-7-4-2-1-3-5-8-12-34/h1-5,7-8,11-12,14-15,29,31-32,38-39,48H,6,9-10,13,16-28,30H2,(H,42,49)/t31-,32+,38+,39-. The average molecular weight is 791 g/mol. The van der Waals surface area contributed by atoms with Gasteiger partial charge in [0, 0.05) is 32.5 Å². The molecule has 4 amide bonds. The van der Waals surface area contributed by atoms with Gasteiger partial charge in [-0.05, 0) is 43.2 Å². The van der Waals surface area contributed by atoms with E-state index in [-0.39, 0.29) is 106 Å². The number of unbranched alkanes of at least 4 members (excludes halogenated alkanes) is 2. The second-order valence-corrected chi connectivity index (χ2v) is 14.1. The average Bonchev–Trinajstić information content (AvgIpc) is 4.00. The zero-order valence-electron chi connectivity index (χ0n) is 32.3. The van der Waals surface area contributed by atoms with Gasteiger partial charge >= 0.3 is 5.97 Å². The number of aliphatic hydroxyl groups is 1. The van der Waals surface area contributed by atoms with Crippen molar-refractivity contribution in [1.29, 1.82) is 0 Å². The van der Waals surface area contributed by atoms with Gasteiger partial charge in [0.2, 0.25) is 23.6 Å². The Hall–Kier alpha value is -5.03. The molecule has 4 atom stereocenters. The van der Waals surface area contributed by atoms with Crippen LogP contribution in [0.2, 0.25) is 0 Å². The molecule has 0 unspecified atom stereocenters. The predicted molar refractivity (Wildman–Crippen MR) is 205 cm³/mol. The molecule has 16 heteroatoms. The van der Waals surface area contributed by atoms with Gasteiger partial charge in [-0.3, -0.25) is 24.1 Å². The zero-order valence-corrected chi connectivity index (χ0v) is 32.3. The van der Waals surface area contributed by atoms with Gasteiger partial charge < -0.3 is 34.3 Å². The molecule has 1 aromatic heterocycles. The normalized spacial score (nSPS) is 19.1. The van der Waals surface area contributed by atoms with Gasteiger partial charge in [-0.25, -0.2) is 9.48 Å². The number of esters is 1. The Morgan fingerprint density at radius 3 is 2.14 bits per heavy atom. The summed E-state index contributed by atoms with van der Waals surface area (Å²) in [6, 6.07) is 16.2. The summed E-state index contributed by atoms with van der Waals surface area (Å²) < 4.78 is 23.4. The maximum absolute atomic E-state index is 13.3. The number of likely N-dealkylation sites (tertiary alicyclic amines) is 1. The van der Waals surface area contributed by atoms with E-state index in [1.54, 1.807) is 40.0 Å². The molecule has 1 saturated heterocycles. The molecule has 2 fully saturated rings. The van der Waals surface area contributed by atoms with Crippen LogP contribution in [0.5, 0.6) is 5.75 Å². The second-order valence-electron chi connectivity index (χ2n) is 14.1. The maximum atomic E-state index is 13.3. The van der Waals surface area contributed by atoms with E-state index < -0.39 is 5.97 Å². The van der Waals surface area contributed by atoms with Crippen LogP contribution in [0.25, 0.3) is 0 Å². The smallest absolute Gasteiger partial charge is 0.337 e. The van der Waals surface area contributed by atoms with Gasteiger partial charge in [0.25, 0.3) is 0 Å². The summed E-state index contributed by atoms with van der Waals surface area (Å²) in [6.45, 7) is 2.40. The molecule has 2 N–H and O–H groups in total. The first-order valence-corrected chi connectivity index (χ1v) is 19.7. The number of carbonyl (C=O) groups excluding carboxylic acids is 5. The van der Waals surface area contributed by atoms with Crippen molar-refractivity contribution in [3.8, 4) is 5.75 Å². The molecule has 3 aliphatic rings. The molecular formula is C41H54N6O10. The molecule has 0 radical (unpaired) electrons. The summed E-state index contributed by atoms with van der Waals surface area (Å²) >= 11 is 0. The molecule has 1 aliphatic heterocycles. The number of aromatic nitrogens is 3. The van der Waals surface area contributed by atoms with E-state index >= 15 is 0 Å². The summed E-state index contributed by atoms with van der Waals surface area (Å²) in [6.07, 6.45) is 8.98. The fourth-order valence-electron chi connectivity index (χ4n) is 7.25. The van der Waals surface area contributed by atoms with Crippen molar-refractivity contribution in [3.05, 3.63) is 78.6 Å². The van der Waals surface area contributed by atoms with E-state index in [1.165, 1.54) is 4.90 Å². The zero-order chi connectivity index (χ0) is 40.2. The Morgan fingerprint density at radius 2 is 1.46 bits per heavy atom. The van der Waals surface area contributed by atoms with Crippen molar-refractivity contribution >= 4 is 29.6 Å². The van der Waals surface area contributed by atoms with Crippen molar-refractivity contribution in [1.82, 2.24) is 30.1 Å². The van der Waals surface area contributed by atoms with Crippen LogP contribution in [0.1, 0.15) is 44.2 Å². The number of aliphatic hydroxyl groups excluding tert-OH is 1. The molecular weight excluding hydrogens is 736 g/mol. The summed E-state index contributed by atoms with van der Waals surface area (Å²) in [5, 5.41) is 20.0. The highest BCUT2D eigenvalue weighted by molar-refractivity contribution is 6.06. The first-order chi connectivity index (χ1) is 27.8. The quantitative estimate of drug-likeness (QED) is 0.0647. The van der Waals surface area contributed by atoms with Gasteiger partial charge in [0.15, 0.2) is 0 Å². The fraction of sp³-hybridized carbons (Fsp3) is 0.537. The maximum Gasteiger partial charge on any atom is 0.337 e. The van der Waals surface area contributed by atoms with Crippen LogP contribution in [0.15, 0.2) is 72.9 Å². The summed E-state index contributed by atoms with van der Waals surface area (Å²) in [4.78, 5) is 66.6. The number of carbonyl (C=O) groups is 5. The van der Waals surface area contributed by atoms with Gasteiger partial charge in [0.1, 0.15) is 18.1 Å². The van der Waals surface area contributed by atoms with E-state index in [9.17, 15) is 24.0 Å². The van der Waals surface area contributed by atoms with Gasteiger partial charge in [-0.15, -0.1) is 5.10 Å². The molecule has 308 valence electrons. The Kier molecular flexibility index (Phi) is 17.6. The third-order valence-electron chi connectivity index (χ3n) is 10.0. The van der Waals surface area contributed by atoms with Crippen LogP contribution in [0.4, 0.5) is 0 Å². The SMILES string of the molecule is O=C(CCN(Cc1cn(CCOCCOCCOCC(=O)Oc2ccccccccc2)nn1)C(=O)CCCCCN1C(=O)[C@@H]2[C@H](C1=O)[C@H]1C=C[C@@H]2C1)NCCO. The van der Waals surface area contributed by atoms with E-state index in [0.29, 0.717) is 63.6 Å². The molecule has 2 heterocycles. The third kappa shape index (κ3) is 13.6. The minimum absolute atomic E-state index is 0.0511. The lowest BCUT2D eigenvalue weighted by Gasteiger charge is -2.22. The molecule has 16 nitrogen and oxygen atoms in total. The molecule has 0 spiro atoms. The molecule has 2 bridgehead atoms. The molecule has 57 heavy (non-hydrogen) atoms. The van der Waals surface area contributed by atoms with E-state index in [2.05, 4.69) is 27.8 Å². The lowest BCUT2D eigenvalue weighted by atomic mass is 9.85. The van der Waals surface area contributed by atoms with Crippen molar-refractivity contribution < 1.29 is 48.0 Å². The molecule has 2 aromatic rings. The number of rotatable bonds is 25. The molecule has 2 aliphatic carbocycles. The number of fused-ring (bicyclic) bond motifs is 5. The number of nitrogens with zero attached hydrogens (tertiary/aromatic N) is 5. The molecule has 1 aromatic carbocycles. The number of ether oxygens (including phenoxy) is 4. The monoisotopic (exact) mass is 790 g/mol. The summed E-state index contributed by atoms with van der Waals surface area (Å²) in [5.41, 5.74) is 0.557. The number of allylic oxidation sites excluding steroid dienone is 2. The van der Waals surface area contributed by atoms with Crippen molar-refractivity contribution in [3.63, 3.8) is 0 Å². The van der Waals surface area contributed by atoms with Crippen LogP contribution in [0, 0.1) is 23.7 Å². The highest BCUT2D eigenvalue weighted by Crippen LogP contribution is 2.52. The number of nitrogens with one attached hydrogen (secondary N) is 1. The third-order valence-corrected chi connectivity index (χ3v) is 10.0. The largest absolute Gasteiger partial charge is 0.425 e. The van der Waals surface area contributed by atoms with Crippen LogP contribution in [-0.4, -0.2) is 125 Å². The number of hydrogen-bond donors (Lipinski definition) is 2. The lowest BCUT2D eigenvalue weighted by Crippen LogP contribution is -2.35. The number of amides is 4. The summed E-state index contributed by atoms with van der Waals surface area (Å²) in [5.74, 6) is -0.657. The van der Waals surface area contributed by atoms with Gasteiger partial charge in [0.05, 0.1) is 70.8 Å². The first-order valence-electron chi connectivity index (χ1n) is 19.7. The van der Waals surface area contributed by atoms with E-state index in [0.717, 1.165) is 6.42 Å². The second kappa shape index (κ2) is 23.3. The van der Waals surface area contributed by atoms with Gasteiger partial charge in [-0.2, -0.15) is 0 Å². The minimum Gasteiger partial charge on any atom is -0.425 e. The lowest BCUT2D eigenvalue weighted by molar-refractivity contribution is -0.141. The van der Waals surface area contributed by atoms with Gasteiger partial charge in [-0.1, -0.05) is 66.3 Å². The van der Waals surface area contributed by atoms with E-state index in [4.69, 9.17) is 24.1 Å². The van der Waals surface area contributed by atoms with Crippen LogP contribution >= 0.6 is 0 Å². The summed E-state index contributed by atoms with van der Waals surface area (Å²) in [7, 11) is 0. The minimum atomic E-state index is -0.512. The van der Waals surface area contributed by atoms with Crippen molar-refractivity contribution in [2.75, 3.05) is 65.9 Å². The first kappa shape index (κ1) is 43.1. The molecule has 5 rings (SSSR count). The Bertz CT molecular complexity index is 1680. The topological polar surface area (TPSA) is 192 Å². The van der Waals surface area contributed by atoms with Crippen LogP contribution in [0.3, 0.4) is 0 Å².